The Morgan fingerprint density at radius 1 is 0.949 bits per heavy atom. The lowest BCUT2D eigenvalue weighted by molar-refractivity contribution is -0.115. The van der Waals surface area contributed by atoms with Gasteiger partial charge in [0, 0.05) is 26.9 Å². The molecule has 1 aromatic heterocycles. The van der Waals surface area contributed by atoms with Crippen molar-refractivity contribution in [1.82, 2.24) is 5.32 Å². The Morgan fingerprint density at radius 2 is 1.74 bits per heavy atom. The van der Waals surface area contributed by atoms with Crippen LogP contribution in [-0.2, 0) is 9.59 Å². The minimum atomic E-state index is -0.463. The largest absolute Gasteiger partial charge is 0.325 e. The molecule has 0 saturated carbocycles. The molecular weight excluding hydrogens is 550 g/mol. The van der Waals surface area contributed by atoms with Crippen LogP contribution in [0.3, 0.4) is 0 Å². The third kappa shape index (κ3) is 8.07. The van der Waals surface area contributed by atoms with Gasteiger partial charge in [-0.3, -0.25) is 14.4 Å². The number of hydrogen-bond donors (Lipinski definition) is 3. The molecule has 1 unspecified atom stereocenters. The summed E-state index contributed by atoms with van der Waals surface area (Å²) < 4.78 is 0. The summed E-state index contributed by atoms with van der Waals surface area (Å²) in [6, 6.07) is 23.1. The molecule has 3 amide bonds. The van der Waals surface area contributed by atoms with Crippen molar-refractivity contribution in [3.05, 3.63) is 117 Å². The van der Waals surface area contributed by atoms with Crippen LogP contribution in [-0.4, -0.2) is 23.0 Å². The highest BCUT2D eigenvalue weighted by Gasteiger charge is 2.18. The molecule has 6 nitrogen and oxygen atoms in total. The fourth-order valence-corrected chi connectivity index (χ4v) is 5.25. The summed E-state index contributed by atoms with van der Waals surface area (Å²) in [5, 5.41) is 12.4. The molecule has 1 heterocycles. The number of halogens is 1. The van der Waals surface area contributed by atoms with Crippen molar-refractivity contribution in [1.29, 1.82) is 0 Å². The second-order valence-electron chi connectivity index (χ2n) is 8.63. The van der Waals surface area contributed by atoms with Gasteiger partial charge >= 0.3 is 0 Å². The molecule has 3 N–H and O–H groups in total. The van der Waals surface area contributed by atoms with Crippen LogP contribution in [0.1, 0.15) is 28.4 Å². The second-order valence-corrected chi connectivity index (χ2v) is 11.3. The summed E-state index contributed by atoms with van der Waals surface area (Å²) in [7, 11) is 0. The molecule has 0 radical (unpaired) electrons. The third-order valence-corrected chi connectivity index (χ3v) is 7.64. The van der Waals surface area contributed by atoms with E-state index in [-0.39, 0.29) is 17.5 Å². The number of hydrogen-bond acceptors (Lipinski definition) is 5. The van der Waals surface area contributed by atoms with Crippen LogP contribution in [0.4, 0.5) is 11.4 Å². The summed E-state index contributed by atoms with van der Waals surface area (Å²) in [5.41, 5.74) is 3.49. The zero-order chi connectivity index (χ0) is 27.8. The predicted molar refractivity (Wildman–Crippen MR) is 161 cm³/mol. The highest BCUT2D eigenvalue weighted by atomic mass is 35.5. The number of thiophene rings is 1. The van der Waals surface area contributed by atoms with Crippen LogP contribution in [0, 0.1) is 6.92 Å². The lowest BCUT2D eigenvalue weighted by Crippen LogP contribution is -2.30. The minimum Gasteiger partial charge on any atom is -0.325 e. The Balaban J connectivity index is 1.45. The summed E-state index contributed by atoms with van der Waals surface area (Å²) in [6.07, 6.45) is 1.63. The van der Waals surface area contributed by atoms with E-state index in [0.29, 0.717) is 22.0 Å². The van der Waals surface area contributed by atoms with Crippen molar-refractivity contribution >= 4 is 69.9 Å². The van der Waals surface area contributed by atoms with Crippen LogP contribution in [0.2, 0.25) is 5.02 Å². The molecular formula is C30H26ClN3O3S2. The molecule has 4 aromatic rings. The molecule has 0 bridgehead atoms. The first-order chi connectivity index (χ1) is 18.8. The highest BCUT2D eigenvalue weighted by molar-refractivity contribution is 8.00. The highest BCUT2D eigenvalue weighted by Crippen LogP contribution is 2.28. The molecule has 1 atom stereocenters. The minimum absolute atomic E-state index is 0.116. The zero-order valence-electron chi connectivity index (χ0n) is 21.2. The van der Waals surface area contributed by atoms with Crippen molar-refractivity contribution in [2.75, 3.05) is 10.6 Å². The van der Waals surface area contributed by atoms with Gasteiger partial charge < -0.3 is 16.0 Å². The molecule has 0 spiro atoms. The standard InChI is InChI=1S/C30H26ClN3O3S2/c1-19-11-12-23(31)16-26(19)33-28(35)20(2)39-25-10-6-9-24(17-25)32-30(37)27(15-21-13-14-38-18-21)34-29(36)22-7-4-3-5-8-22/h3-18,20H,1-2H3,(H,32,37)(H,33,35)(H,34,36)/b27-15-. The van der Waals surface area contributed by atoms with Crippen molar-refractivity contribution in [2.24, 2.45) is 0 Å². The molecule has 0 aliphatic heterocycles. The average molecular weight is 576 g/mol. The first-order valence-corrected chi connectivity index (χ1v) is 14.2. The normalized spacial score (nSPS) is 11.9. The summed E-state index contributed by atoms with van der Waals surface area (Å²) in [4.78, 5) is 39.6. The first kappa shape index (κ1) is 28.2. The Kier molecular flexibility index (Phi) is 9.59. The van der Waals surface area contributed by atoms with Crippen molar-refractivity contribution in [2.45, 2.75) is 24.0 Å². The number of aryl methyl sites for hydroxylation is 1. The Morgan fingerprint density at radius 3 is 2.49 bits per heavy atom. The zero-order valence-corrected chi connectivity index (χ0v) is 23.6. The SMILES string of the molecule is Cc1ccc(Cl)cc1NC(=O)C(C)Sc1cccc(NC(=O)/C(=C/c2ccsc2)NC(=O)c2ccccc2)c1. The van der Waals surface area contributed by atoms with Gasteiger partial charge in [0.2, 0.25) is 5.91 Å². The predicted octanol–water partition coefficient (Wildman–Crippen LogP) is 7.24. The van der Waals surface area contributed by atoms with E-state index >= 15 is 0 Å². The molecule has 0 saturated heterocycles. The van der Waals surface area contributed by atoms with E-state index in [1.807, 2.05) is 48.9 Å². The topological polar surface area (TPSA) is 87.3 Å². The third-order valence-electron chi connectivity index (χ3n) is 5.61. The fraction of sp³-hybridized carbons (Fsp3) is 0.100. The number of amides is 3. The molecule has 0 aliphatic carbocycles. The van der Waals surface area contributed by atoms with Gasteiger partial charge in [0.1, 0.15) is 5.70 Å². The molecule has 9 heteroatoms. The fourth-order valence-electron chi connectivity index (χ4n) is 3.53. The van der Waals surface area contributed by atoms with E-state index in [4.69, 9.17) is 11.6 Å². The molecule has 39 heavy (non-hydrogen) atoms. The van der Waals surface area contributed by atoms with E-state index in [1.54, 1.807) is 60.7 Å². The molecule has 4 rings (SSSR count). The van der Waals surface area contributed by atoms with Gasteiger partial charge in [0.05, 0.1) is 5.25 Å². The number of anilines is 2. The Labute approximate surface area is 240 Å². The first-order valence-electron chi connectivity index (χ1n) is 12.0. The maximum atomic E-state index is 13.2. The molecule has 0 aliphatic rings. The maximum Gasteiger partial charge on any atom is 0.272 e. The average Bonchev–Trinajstić information content (AvgIpc) is 3.44. The van der Waals surface area contributed by atoms with Gasteiger partial charge in [-0.25, -0.2) is 0 Å². The molecule has 0 fully saturated rings. The second kappa shape index (κ2) is 13.3. The van der Waals surface area contributed by atoms with Gasteiger partial charge in [-0.15, -0.1) is 11.8 Å². The number of rotatable bonds is 9. The number of carbonyl (C=O) groups is 3. The lowest BCUT2D eigenvalue weighted by Gasteiger charge is -2.15. The van der Waals surface area contributed by atoms with Crippen LogP contribution < -0.4 is 16.0 Å². The quantitative estimate of drug-likeness (QED) is 0.145. The van der Waals surface area contributed by atoms with E-state index < -0.39 is 11.2 Å². The van der Waals surface area contributed by atoms with Gasteiger partial charge in [-0.1, -0.05) is 41.9 Å². The van der Waals surface area contributed by atoms with E-state index in [2.05, 4.69) is 16.0 Å². The van der Waals surface area contributed by atoms with Crippen molar-refractivity contribution < 1.29 is 14.4 Å². The summed E-state index contributed by atoms with van der Waals surface area (Å²) in [5.74, 6) is -1.01. The van der Waals surface area contributed by atoms with Gasteiger partial charge in [-0.2, -0.15) is 11.3 Å². The number of thioether (sulfide) groups is 1. The molecule has 3 aromatic carbocycles. The van der Waals surface area contributed by atoms with Crippen LogP contribution in [0.5, 0.6) is 0 Å². The van der Waals surface area contributed by atoms with Crippen molar-refractivity contribution in [3.8, 4) is 0 Å². The maximum absolute atomic E-state index is 13.2. The van der Waals surface area contributed by atoms with E-state index in [1.165, 1.54) is 23.1 Å². The van der Waals surface area contributed by atoms with Gasteiger partial charge in [0.25, 0.3) is 11.8 Å². The number of nitrogens with one attached hydrogen (secondary N) is 3. The number of benzene rings is 3. The molecule has 198 valence electrons. The Bertz CT molecular complexity index is 1510. The van der Waals surface area contributed by atoms with Crippen molar-refractivity contribution in [3.63, 3.8) is 0 Å². The van der Waals surface area contributed by atoms with Gasteiger partial charge in [0.15, 0.2) is 0 Å². The summed E-state index contributed by atoms with van der Waals surface area (Å²) in [6.45, 7) is 3.71. The monoisotopic (exact) mass is 575 g/mol. The van der Waals surface area contributed by atoms with E-state index in [9.17, 15) is 14.4 Å². The Hall–Kier alpha value is -3.85. The lowest BCUT2D eigenvalue weighted by atomic mass is 10.2. The summed E-state index contributed by atoms with van der Waals surface area (Å²) >= 11 is 8.93. The number of carbonyl (C=O) groups excluding carboxylic acids is 3. The van der Waals surface area contributed by atoms with E-state index in [0.717, 1.165) is 16.0 Å². The smallest absolute Gasteiger partial charge is 0.272 e. The van der Waals surface area contributed by atoms with Gasteiger partial charge in [-0.05, 0) is 90.3 Å². The van der Waals surface area contributed by atoms with Crippen LogP contribution >= 0.6 is 34.7 Å². The van der Waals surface area contributed by atoms with Crippen LogP contribution in [0.15, 0.2) is 100 Å². The van der Waals surface area contributed by atoms with Crippen LogP contribution in [0.25, 0.3) is 6.08 Å².